The van der Waals surface area contributed by atoms with E-state index in [9.17, 15) is 9.59 Å². The Morgan fingerprint density at radius 1 is 0.679 bits per heavy atom. The topological polar surface area (TPSA) is 46.2 Å². The lowest BCUT2D eigenvalue weighted by Crippen LogP contribution is -2.27. The molecule has 1 aliphatic rings. The fourth-order valence-corrected chi connectivity index (χ4v) is 3.81. The molecule has 0 aromatic heterocycles. The minimum absolute atomic E-state index is 0.0649. The van der Waals surface area contributed by atoms with Gasteiger partial charge >= 0.3 is 0 Å². The van der Waals surface area contributed by atoms with Gasteiger partial charge in [-0.05, 0) is 6.42 Å². The van der Waals surface area contributed by atoms with E-state index in [1.807, 2.05) is 0 Å². The fraction of sp³-hybridized carbons (Fsp3) is 0.600. The predicted molar refractivity (Wildman–Crippen MR) is 117 cm³/mol. The van der Waals surface area contributed by atoms with Gasteiger partial charge in [0.15, 0.2) is 5.78 Å². The maximum absolute atomic E-state index is 12.4. The van der Waals surface area contributed by atoms with Crippen molar-refractivity contribution in [1.29, 1.82) is 0 Å². The van der Waals surface area contributed by atoms with E-state index in [0.717, 1.165) is 13.0 Å². The number of hydrogen-bond acceptors (Lipinski definition) is 3. The number of ketones is 2. The first-order valence-corrected chi connectivity index (χ1v) is 11.4. The van der Waals surface area contributed by atoms with Crippen LogP contribution in [0, 0.1) is 0 Å². The molecule has 2 rings (SSSR count). The highest BCUT2D eigenvalue weighted by Gasteiger charge is 2.24. The van der Waals surface area contributed by atoms with Gasteiger partial charge in [0, 0.05) is 23.7 Å². The number of carbonyl (C=O) groups is 2. The van der Waals surface area contributed by atoms with Crippen molar-refractivity contribution in [3.8, 4) is 0 Å². The summed E-state index contributed by atoms with van der Waals surface area (Å²) in [6.45, 7) is 3.02. The van der Waals surface area contributed by atoms with Crippen molar-refractivity contribution < 1.29 is 9.59 Å². The number of Topliss-reactive ketones (excluding diaryl/α,β-unsaturated/α-hetero) is 1. The van der Waals surface area contributed by atoms with Gasteiger partial charge in [0.05, 0.1) is 5.70 Å². The van der Waals surface area contributed by atoms with Gasteiger partial charge in [-0.1, -0.05) is 108 Å². The summed E-state index contributed by atoms with van der Waals surface area (Å²) in [4.78, 5) is 24.6. The van der Waals surface area contributed by atoms with Crippen molar-refractivity contribution in [2.75, 3.05) is 6.54 Å². The number of unbranched alkanes of at least 4 members (excludes halogenated alkanes) is 12. The Kier molecular flexibility index (Phi) is 10.6. The molecule has 0 heterocycles. The Morgan fingerprint density at radius 3 is 1.75 bits per heavy atom. The van der Waals surface area contributed by atoms with Gasteiger partial charge in [-0.25, -0.2) is 0 Å². The maximum atomic E-state index is 12.4. The van der Waals surface area contributed by atoms with Crippen LogP contribution in [0.1, 0.15) is 111 Å². The monoisotopic (exact) mass is 383 g/mol. The van der Waals surface area contributed by atoms with E-state index in [0.29, 0.717) is 16.8 Å². The van der Waals surface area contributed by atoms with Gasteiger partial charge in [-0.3, -0.25) is 9.59 Å². The van der Waals surface area contributed by atoms with Crippen LogP contribution >= 0.6 is 0 Å². The second-order valence-electron chi connectivity index (χ2n) is 7.97. The lowest BCUT2D eigenvalue weighted by molar-refractivity contribution is 0.0978. The standard InChI is InChI=1S/C25H37NO2/c1-2-3-4-5-6-7-8-9-10-11-12-13-16-19-26-23-20-24(27)21-17-14-15-18-22(21)25(23)28/h14-15,17-18,20,26H,2-13,16,19H2,1H3. The number of rotatable bonds is 15. The SMILES string of the molecule is CCCCCCCCCCCCCCCNC1=CC(=O)c2ccccc2C1=O. The molecule has 0 amide bonds. The number of carbonyl (C=O) groups excluding carboxylic acids is 2. The van der Waals surface area contributed by atoms with E-state index in [1.54, 1.807) is 24.3 Å². The second kappa shape index (κ2) is 13.3. The van der Waals surface area contributed by atoms with Crippen molar-refractivity contribution in [3.05, 3.63) is 47.2 Å². The largest absolute Gasteiger partial charge is 0.382 e. The molecule has 28 heavy (non-hydrogen) atoms. The lowest BCUT2D eigenvalue weighted by Gasteiger charge is -2.16. The zero-order chi connectivity index (χ0) is 20.0. The summed E-state index contributed by atoms with van der Waals surface area (Å²) in [6.07, 6.45) is 18.7. The maximum Gasteiger partial charge on any atom is 0.209 e. The Labute approximate surface area is 171 Å². The van der Waals surface area contributed by atoms with Crippen LogP contribution in [-0.2, 0) is 0 Å². The second-order valence-corrected chi connectivity index (χ2v) is 7.97. The molecule has 0 spiro atoms. The van der Waals surface area contributed by atoms with Crippen LogP contribution in [-0.4, -0.2) is 18.1 Å². The molecule has 0 fully saturated rings. The number of nitrogens with one attached hydrogen (secondary N) is 1. The van der Waals surface area contributed by atoms with E-state index in [-0.39, 0.29) is 11.6 Å². The lowest BCUT2D eigenvalue weighted by atomic mass is 9.93. The number of hydrogen-bond donors (Lipinski definition) is 1. The molecular weight excluding hydrogens is 346 g/mol. The van der Waals surface area contributed by atoms with Gasteiger partial charge in [-0.15, -0.1) is 0 Å². The molecule has 0 unspecified atom stereocenters. The van der Waals surface area contributed by atoms with Gasteiger partial charge in [0.25, 0.3) is 0 Å². The fourth-order valence-electron chi connectivity index (χ4n) is 3.81. The number of fused-ring (bicyclic) bond motifs is 1. The summed E-state index contributed by atoms with van der Waals surface area (Å²) >= 11 is 0. The van der Waals surface area contributed by atoms with Crippen LogP contribution in [0.5, 0.6) is 0 Å². The molecule has 0 bridgehead atoms. The molecule has 1 aromatic carbocycles. The van der Waals surface area contributed by atoms with Crippen molar-refractivity contribution in [2.24, 2.45) is 0 Å². The van der Waals surface area contributed by atoms with Gasteiger partial charge < -0.3 is 5.32 Å². The first-order valence-electron chi connectivity index (χ1n) is 11.4. The highest BCUT2D eigenvalue weighted by molar-refractivity contribution is 6.24. The third-order valence-electron chi connectivity index (χ3n) is 5.55. The van der Waals surface area contributed by atoms with Crippen LogP contribution < -0.4 is 5.32 Å². The van der Waals surface area contributed by atoms with Crippen LogP contribution in [0.25, 0.3) is 0 Å². The summed E-state index contributed by atoms with van der Waals surface area (Å²) < 4.78 is 0. The van der Waals surface area contributed by atoms with Crippen LogP contribution in [0.2, 0.25) is 0 Å². The third-order valence-corrected chi connectivity index (χ3v) is 5.55. The normalized spacial score (nSPS) is 13.4. The molecule has 1 N–H and O–H groups in total. The minimum atomic E-state index is -0.0805. The molecule has 1 aliphatic carbocycles. The van der Waals surface area contributed by atoms with Gasteiger partial charge in [-0.2, -0.15) is 0 Å². The summed E-state index contributed by atoms with van der Waals surface area (Å²) in [6, 6.07) is 7.05. The first-order chi connectivity index (χ1) is 13.7. The van der Waals surface area contributed by atoms with Crippen molar-refractivity contribution in [3.63, 3.8) is 0 Å². The average molecular weight is 384 g/mol. The zero-order valence-electron chi connectivity index (χ0n) is 17.6. The Bertz CT molecular complexity index is 648. The average Bonchev–Trinajstić information content (AvgIpc) is 2.71. The Balaban J connectivity index is 1.47. The summed E-state index contributed by atoms with van der Waals surface area (Å²) in [5.41, 5.74) is 1.48. The third kappa shape index (κ3) is 7.61. The number of allylic oxidation sites excluding steroid dienone is 2. The van der Waals surface area contributed by atoms with Crippen LogP contribution in [0.4, 0.5) is 0 Å². The summed E-state index contributed by atoms with van der Waals surface area (Å²) in [5.74, 6) is -0.145. The van der Waals surface area contributed by atoms with E-state index in [1.165, 1.54) is 83.1 Å². The highest BCUT2D eigenvalue weighted by Crippen LogP contribution is 2.19. The quantitative estimate of drug-likeness (QED) is 0.346. The van der Waals surface area contributed by atoms with Gasteiger partial charge in [0.2, 0.25) is 5.78 Å². The van der Waals surface area contributed by atoms with E-state index in [2.05, 4.69) is 12.2 Å². The van der Waals surface area contributed by atoms with E-state index in [4.69, 9.17) is 0 Å². The van der Waals surface area contributed by atoms with Crippen molar-refractivity contribution in [1.82, 2.24) is 5.32 Å². The first kappa shape index (κ1) is 22.4. The molecule has 1 aromatic rings. The smallest absolute Gasteiger partial charge is 0.209 e. The van der Waals surface area contributed by atoms with Gasteiger partial charge in [0.1, 0.15) is 0 Å². The molecule has 0 aliphatic heterocycles. The van der Waals surface area contributed by atoms with Crippen LogP contribution in [0.15, 0.2) is 36.0 Å². The Hall–Kier alpha value is -1.90. The summed E-state index contributed by atoms with van der Waals surface area (Å²) in [5, 5.41) is 3.17. The molecular formula is C25H37NO2. The van der Waals surface area contributed by atoms with E-state index < -0.39 is 0 Å². The van der Waals surface area contributed by atoms with E-state index >= 15 is 0 Å². The highest BCUT2D eigenvalue weighted by atomic mass is 16.1. The minimum Gasteiger partial charge on any atom is -0.382 e. The Morgan fingerprint density at radius 2 is 1.18 bits per heavy atom. The van der Waals surface area contributed by atoms with Crippen molar-refractivity contribution in [2.45, 2.75) is 90.4 Å². The van der Waals surface area contributed by atoms with Crippen LogP contribution in [0.3, 0.4) is 0 Å². The van der Waals surface area contributed by atoms with Crippen molar-refractivity contribution >= 4 is 11.6 Å². The molecule has 0 saturated carbocycles. The predicted octanol–water partition coefficient (Wildman–Crippen LogP) is 6.63. The molecule has 0 radical (unpaired) electrons. The molecule has 0 saturated heterocycles. The summed E-state index contributed by atoms with van der Waals surface area (Å²) in [7, 11) is 0. The molecule has 0 atom stereocenters. The zero-order valence-corrected chi connectivity index (χ0v) is 17.6. The molecule has 154 valence electrons. The number of benzene rings is 1. The molecule has 3 nitrogen and oxygen atoms in total. The molecule has 3 heteroatoms.